The van der Waals surface area contributed by atoms with E-state index in [4.69, 9.17) is 9.40 Å². The summed E-state index contributed by atoms with van der Waals surface area (Å²) >= 11 is 0. The second-order valence-electron chi connectivity index (χ2n) is 5.38. The van der Waals surface area contributed by atoms with E-state index in [-0.39, 0.29) is 0 Å². The first kappa shape index (κ1) is 12.3. The second-order valence-corrected chi connectivity index (χ2v) is 5.38. The van der Waals surface area contributed by atoms with Gasteiger partial charge < -0.3 is 4.42 Å². The van der Waals surface area contributed by atoms with Crippen molar-refractivity contribution in [3.63, 3.8) is 0 Å². The number of benzene rings is 1. The third kappa shape index (κ3) is 1.89. The average molecular weight is 297 g/mol. The number of rotatable bonds is 1. The predicted octanol–water partition coefficient (Wildman–Crippen LogP) is 4.59. The van der Waals surface area contributed by atoms with Crippen LogP contribution in [0.3, 0.4) is 0 Å². The molecule has 4 nitrogen and oxygen atoms in total. The zero-order chi connectivity index (χ0) is 15.2. The molecule has 0 fully saturated rings. The van der Waals surface area contributed by atoms with Crippen LogP contribution in [0.1, 0.15) is 0 Å². The maximum Gasteiger partial charge on any atom is 0.153 e. The van der Waals surface area contributed by atoms with E-state index in [1.165, 1.54) is 0 Å². The summed E-state index contributed by atoms with van der Waals surface area (Å²) in [7, 11) is 0. The van der Waals surface area contributed by atoms with E-state index < -0.39 is 0 Å². The molecule has 23 heavy (non-hydrogen) atoms. The van der Waals surface area contributed by atoms with Crippen LogP contribution in [0, 0.1) is 0 Å². The van der Waals surface area contributed by atoms with Crippen LogP contribution in [-0.4, -0.2) is 15.0 Å². The van der Waals surface area contributed by atoms with Crippen LogP contribution >= 0.6 is 0 Å². The van der Waals surface area contributed by atoms with Crippen molar-refractivity contribution in [2.45, 2.75) is 0 Å². The molecule has 0 saturated carbocycles. The van der Waals surface area contributed by atoms with Gasteiger partial charge in [-0.25, -0.2) is 9.97 Å². The van der Waals surface area contributed by atoms with Crippen molar-refractivity contribution in [1.29, 1.82) is 0 Å². The van der Waals surface area contributed by atoms with E-state index in [2.05, 4.69) is 9.97 Å². The van der Waals surface area contributed by atoms with E-state index in [9.17, 15) is 0 Å². The molecule has 0 aliphatic rings. The zero-order valence-corrected chi connectivity index (χ0v) is 12.1. The number of fused-ring (bicyclic) bond motifs is 4. The molecule has 108 valence electrons. The Morgan fingerprint density at radius 3 is 2.52 bits per heavy atom. The number of furan rings is 1. The van der Waals surface area contributed by atoms with Crippen molar-refractivity contribution in [2.24, 2.45) is 0 Å². The summed E-state index contributed by atoms with van der Waals surface area (Å²) in [6.07, 6.45) is 1.77. The van der Waals surface area contributed by atoms with Crippen molar-refractivity contribution < 1.29 is 4.42 Å². The van der Waals surface area contributed by atoms with Crippen LogP contribution in [0.2, 0.25) is 0 Å². The summed E-state index contributed by atoms with van der Waals surface area (Å²) in [6.45, 7) is 0. The van der Waals surface area contributed by atoms with Crippen molar-refractivity contribution >= 4 is 33.1 Å². The number of para-hydroxylation sites is 1. The van der Waals surface area contributed by atoms with Crippen molar-refractivity contribution in [3.05, 3.63) is 66.9 Å². The molecule has 0 aliphatic carbocycles. The number of hydrogen-bond donors (Lipinski definition) is 0. The number of nitrogens with zero attached hydrogens (tertiary/aromatic N) is 3. The molecule has 0 bridgehead atoms. The fraction of sp³-hybridized carbons (Fsp3) is 0. The molecule has 0 N–H and O–H groups in total. The molecule has 0 amide bonds. The lowest BCUT2D eigenvalue weighted by molar-refractivity contribution is 0.668. The molecule has 0 spiro atoms. The molecular weight excluding hydrogens is 286 g/mol. The molecule has 0 unspecified atom stereocenters. The molecule has 5 aromatic rings. The lowest BCUT2D eigenvalue weighted by Gasteiger charge is -2.02. The third-order valence-electron chi connectivity index (χ3n) is 3.94. The van der Waals surface area contributed by atoms with Gasteiger partial charge in [0.05, 0.1) is 22.4 Å². The Morgan fingerprint density at radius 1 is 0.652 bits per heavy atom. The van der Waals surface area contributed by atoms with Crippen molar-refractivity contribution in [2.75, 3.05) is 0 Å². The molecule has 4 heteroatoms. The van der Waals surface area contributed by atoms with Crippen LogP contribution in [0.5, 0.6) is 0 Å². The Kier molecular flexibility index (Phi) is 2.46. The van der Waals surface area contributed by atoms with Gasteiger partial charge >= 0.3 is 0 Å². The van der Waals surface area contributed by atoms with Crippen LogP contribution in [0.4, 0.5) is 0 Å². The minimum absolute atomic E-state index is 0.789. The molecule has 5 rings (SSSR count). The Balaban J connectivity index is 1.76. The highest BCUT2D eigenvalue weighted by molar-refractivity contribution is 6.02. The van der Waals surface area contributed by atoms with Crippen molar-refractivity contribution in [3.8, 4) is 11.4 Å². The van der Waals surface area contributed by atoms with Crippen LogP contribution in [-0.2, 0) is 0 Å². The normalized spacial score (nSPS) is 11.5. The zero-order valence-electron chi connectivity index (χ0n) is 12.1. The highest BCUT2D eigenvalue weighted by Gasteiger charge is 2.10. The lowest BCUT2D eigenvalue weighted by atomic mass is 10.2. The smallest absolute Gasteiger partial charge is 0.153 e. The summed E-state index contributed by atoms with van der Waals surface area (Å²) in [5.41, 5.74) is 5.91. The Morgan fingerprint density at radius 2 is 1.52 bits per heavy atom. The van der Waals surface area contributed by atoms with E-state index in [1.54, 1.807) is 6.20 Å². The summed E-state index contributed by atoms with van der Waals surface area (Å²) in [5, 5.41) is 1.02. The predicted molar refractivity (Wildman–Crippen MR) is 90.0 cm³/mol. The first-order chi connectivity index (χ1) is 11.4. The largest absolute Gasteiger partial charge is 0.454 e. The van der Waals surface area contributed by atoms with E-state index in [0.717, 1.165) is 44.5 Å². The Labute approximate surface area is 131 Å². The fourth-order valence-corrected chi connectivity index (χ4v) is 2.83. The molecule has 4 heterocycles. The van der Waals surface area contributed by atoms with Gasteiger partial charge in [0.25, 0.3) is 0 Å². The average Bonchev–Trinajstić information content (AvgIpc) is 2.99. The van der Waals surface area contributed by atoms with Crippen molar-refractivity contribution in [1.82, 2.24) is 15.0 Å². The van der Waals surface area contributed by atoms with E-state index in [1.807, 2.05) is 60.7 Å². The van der Waals surface area contributed by atoms with Gasteiger partial charge in [0.15, 0.2) is 5.58 Å². The quantitative estimate of drug-likeness (QED) is 0.454. The Bertz CT molecular complexity index is 1180. The Hall–Kier alpha value is -3.27. The first-order valence-electron chi connectivity index (χ1n) is 7.39. The van der Waals surface area contributed by atoms with Crippen LogP contribution in [0.25, 0.3) is 44.5 Å². The van der Waals surface area contributed by atoms with Gasteiger partial charge in [-0.05, 0) is 48.5 Å². The molecule has 0 atom stereocenters. The summed E-state index contributed by atoms with van der Waals surface area (Å²) < 4.78 is 5.82. The number of pyridine rings is 3. The SMILES string of the molecule is c1cnc2ccc(-c3ccc4oc5ccccc5c4n3)nc2c1. The minimum atomic E-state index is 0.789. The first-order valence-corrected chi connectivity index (χ1v) is 7.39. The summed E-state index contributed by atoms with van der Waals surface area (Å²) in [6, 6.07) is 19.6. The van der Waals surface area contributed by atoms with Crippen LogP contribution < -0.4 is 0 Å². The molecule has 0 saturated heterocycles. The highest BCUT2D eigenvalue weighted by Crippen LogP contribution is 2.29. The highest BCUT2D eigenvalue weighted by atomic mass is 16.3. The molecule has 1 aromatic carbocycles. The standard InChI is InChI=1S/C19H11N3O/c1-2-6-17-12(4-1)19-18(23-17)10-9-16(22-19)15-8-7-13-14(21-15)5-3-11-20-13/h1-11H. The summed E-state index contributed by atoms with van der Waals surface area (Å²) in [5.74, 6) is 0. The minimum Gasteiger partial charge on any atom is -0.454 e. The van der Waals surface area contributed by atoms with Gasteiger partial charge in [-0.2, -0.15) is 0 Å². The lowest BCUT2D eigenvalue weighted by Crippen LogP contribution is -1.89. The van der Waals surface area contributed by atoms with E-state index >= 15 is 0 Å². The van der Waals surface area contributed by atoms with E-state index in [0.29, 0.717) is 0 Å². The molecule has 0 aliphatic heterocycles. The molecule has 4 aromatic heterocycles. The maximum atomic E-state index is 5.82. The second kappa shape index (κ2) is 4.61. The maximum absolute atomic E-state index is 5.82. The monoisotopic (exact) mass is 297 g/mol. The third-order valence-corrected chi connectivity index (χ3v) is 3.94. The molecular formula is C19H11N3O. The van der Waals surface area contributed by atoms with Crippen LogP contribution in [0.15, 0.2) is 71.3 Å². The number of hydrogen-bond acceptors (Lipinski definition) is 4. The number of aromatic nitrogens is 3. The topological polar surface area (TPSA) is 51.8 Å². The molecule has 0 radical (unpaired) electrons. The van der Waals surface area contributed by atoms with Gasteiger partial charge in [0.2, 0.25) is 0 Å². The fourth-order valence-electron chi connectivity index (χ4n) is 2.83. The van der Waals surface area contributed by atoms with Gasteiger partial charge in [0, 0.05) is 11.6 Å². The van der Waals surface area contributed by atoms with Gasteiger partial charge in [-0.1, -0.05) is 12.1 Å². The van der Waals surface area contributed by atoms with Gasteiger partial charge in [0.1, 0.15) is 11.1 Å². The van der Waals surface area contributed by atoms with Gasteiger partial charge in [-0.3, -0.25) is 4.98 Å². The van der Waals surface area contributed by atoms with Gasteiger partial charge in [-0.15, -0.1) is 0 Å². The summed E-state index contributed by atoms with van der Waals surface area (Å²) in [4.78, 5) is 13.7.